The van der Waals surface area contributed by atoms with Crippen LogP contribution in [0.2, 0.25) is 0 Å². The van der Waals surface area contributed by atoms with Crippen LogP contribution in [0, 0.1) is 0 Å². The van der Waals surface area contributed by atoms with E-state index < -0.39 is 12.4 Å². The van der Waals surface area contributed by atoms with E-state index in [9.17, 15) is 4.39 Å². The molecular formula is C11H13FO2. The molecule has 0 fully saturated rings. The summed E-state index contributed by atoms with van der Waals surface area (Å²) in [4.78, 5) is 0. The van der Waals surface area contributed by atoms with Gasteiger partial charge in [0.05, 0.1) is 13.7 Å². The minimum Gasteiger partial charge on any atom is -0.496 e. The molecule has 0 aliphatic carbocycles. The van der Waals surface area contributed by atoms with Crippen LogP contribution in [0.5, 0.6) is 5.75 Å². The summed E-state index contributed by atoms with van der Waals surface area (Å²) in [5.41, 5.74) is 0.901. The molecule has 0 bridgehead atoms. The molecule has 2 nitrogen and oxygen atoms in total. The zero-order valence-electron chi connectivity index (χ0n) is 8.03. The third-order valence-electron chi connectivity index (χ3n) is 1.89. The normalized spacial score (nSPS) is 11.5. The van der Waals surface area contributed by atoms with E-state index >= 15 is 0 Å². The van der Waals surface area contributed by atoms with Crippen molar-refractivity contribution in [2.24, 2.45) is 0 Å². The Morgan fingerprint density at radius 3 is 2.86 bits per heavy atom. The Hall–Kier alpha value is -1.35. The van der Waals surface area contributed by atoms with Crippen LogP contribution < -0.4 is 4.74 Å². The van der Waals surface area contributed by atoms with Crippen LogP contribution >= 0.6 is 0 Å². The number of aliphatic hydroxyl groups excluding tert-OH is 1. The molecule has 0 aromatic heterocycles. The monoisotopic (exact) mass is 196 g/mol. The highest BCUT2D eigenvalue weighted by atomic mass is 19.1. The molecule has 76 valence electrons. The van der Waals surface area contributed by atoms with Gasteiger partial charge in [0.15, 0.2) is 0 Å². The van der Waals surface area contributed by atoms with Crippen LogP contribution in [-0.2, 0) is 6.42 Å². The third-order valence-corrected chi connectivity index (χ3v) is 1.89. The quantitative estimate of drug-likeness (QED) is 0.798. The smallest absolute Gasteiger partial charge is 0.122 e. The lowest BCUT2D eigenvalue weighted by Gasteiger charge is -2.05. The van der Waals surface area contributed by atoms with Crippen molar-refractivity contribution >= 4 is 0 Å². The standard InChI is InChI=1S/C11H13FO2/c1-14-11-5-3-2-4-9(11)6-7-10(12)8-13/h2-5,7,13H,6,8H2,1H3/b10-7-. The lowest BCUT2D eigenvalue weighted by atomic mass is 10.1. The van der Waals surface area contributed by atoms with Gasteiger partial charge in [0.25, 0.3) is 0 Å². The summed E-state index contributed by atoms with van der Waals surface area (Å²) in [6, 6.07) is 7.40. The first kappa shape index (κ1) is 10.7. The molecule has 0 aliphatic rings. The lowest BCUT2D eigenvalue weighted by molar-refractivity contribution is 0.297. The SMILES string of the molecule is COc1ccccc1C/C=C(\F)CO. The summed E-state index contributed by atoms with van der Waals surface area (Å²) in [6.07, 6.45) is 1.77. The van der Waals surface area contributed by atoms with Gasteiger partial charge in [-0.1, -0.05) is 18.2 Å². The van der Waals surface area contributed by atoms with E-state index in [2.05, 4.69) is 0 Å². The summed E-state index contributed by atoms with van der Waals surface area (Å²) in [5.74, 6) is 0.213. The van der Waals surface area contributed by atoms with Crippen molar-refractivity contribution in [3.05, 3.63) is 41.7 Å². The summed E-state index contributed by atoms with van der Waals surface area (Å²) < 4.78 is 17.7. The van der Waals surface area contributed by atoms with Gasteiger partial charge in [-0.25, -0.2) is 4.39 Å². The molecule has 0 atom stereocenters. The average Bonchev–Trinajstić information content (AvgIpc) is 2.26. The topological polar surface area (TPSA) is 29.5 Å². The first-order valence-corrected chi connectivity index (χ1v) is 4.35. The predicted octanol–water partition coefficient (Wildman–Crippen LogP) is 2.08. The first-order valence-electron chi connectivity index (χ1n) is 4.35. The number of para-hydroxylation sites is 1. The fourth-order valence-electron chi connectivity index (χ4n) is 1.16. The van der Waals surface area contributed by atoms with Crippen molar-refractivity contribution in [3.8, 4) is 5.75 Å². The van der Waals surface area contributed by atoms with E-state index in [-0.39, 0.29) is 0 Å². The van der Waals surface area contributed by atoms with Crippen LogP contribution in [0.25, 0.3) is 0 Å². The van der Waals surface area contributed by atoms with Crippen molar-refractivity contribution < 1.29 is 14.2 Å². The largest absolute Gasteiger partial charge is 0.496 e. The van der Waals surface area contributed by atoms with Gasteiger partial charge < -0.3 is 9.84 Å². The van der Waals surface area contributed by atoms with Crippen LogP contribution in [-0.4, -0.2) is 18.8 Å². The number of allylic oxidation sites excluding steroid dienone is 1. The second-order valence-electron chi connectivity index (χ2n) is 2.83. The molecule has 0 unspecified atom stereocenters. The predicted molar refractivity (Wildman–Crippen MR) is 53.0 cm³/mol. The Kier molecular flexibility index (Phi) is 4.13. The first-order chi connectivity index (χ1) is 6.77. The van der Waals surface area contributed by atoms with Gasteiger partial charge in [-0.05, 0) is 24.1 Å². The number of aliphatic hydroxyl groups is 1. The van der Waals surface area contributed by atoms with Gasteiger partial charge in [0, 0.05) is 0 Å². The number of methoxy groups -OCH3 is 1. The van der Waals surface area contributed by atoms with Gasteiger partial charge in [-0.3, -0.25) is 0 Å². The van der Waals surface area contributed by atoms with Crippen LogP contribution in [0.3, 0.4) is 0 Å². The van der Waals surface area contributed by atoms with Crippen molar-refractivity contribution in [1.82, 2.24) is 0 Å². The number of benzene rings is 1. The van der Waals surface area contributed by atoms with Crippen molar-refractivity contribution in [2.75, 3.05) is 13.7 Å². The van der Waals surface area contributed by atoms with Gasteiger partial charge in [0.1, 0.15) is 11.6 Å². The number of ether oxygens (including phenoxy) is 1. The number of halogens is 1. The minimum absolute atomic E-state index is 0.427. The number of hydrogen-bond donors (Lipinski definition) is 1. The maximum Gasteiger partial charge on any atom is 0.122 e. The Morgan fingerprint density at radius 2 is 2.21 bits per heavy atom. The molecule has 1 aromatic carbocycles. The van der Waals surface area contributed by atoms with E-state index in [1.165, 1.54) is 6.08 Å². The van der Waals surface area contributed by atoms with E-state index in [1.54, 1.807) is 7.11 Å². The number of rotatable bonds is 4. The molecule has 0 spiro atoms. The van der Waals surface area contributed by atoms with Crippen molar-refractivity contribution in [1.29, 1.82) is 0 Å². The third kappa shape index (κ3) is 2.85. The van der Waals surface area contributed by atoms with Gasteiger partial charge in [-0.2, -0.15) is 0 Å². The summed E-state index contributed by atoms with van der Waals surface area (Å²) >= 11 is 0. The zero-order valence-corrected chi connectivity index (χ0v) is 8.03. The van der Waals surface area contributed by atoms with E-state index in [0.717, 1.165) is 11.3 Å². The molecule has 1 N–H and O–H groups in total. The maximum absolute atomic E-state index is 12.6. The molecule has 0 saturated heterocycles. The van der Waals surface area contributed by atoms with Gasteiger partial charge >= 0.3 is 0 Å². The van der Waals surface area contributed by atoms with E-state index in [4.69, 9.17) is 9.84 Å². The molecule has 0 heterocycles. The highest BCUT2D eigenvalue weighted by molar-refractivity contribution is 5.34. The van der Waals surface area contributed by atoms with Crippen molar-refractivity contribution in [2.45, 2.75) is 6.42 Å². The van der Waals surface area contributed by atoms with Crippen molar-refractivity contribution in [3.63, 3.8) is 0 Å². The van der Waals surface area contributed by atoms with E-state index in [0.29, 0.717) is 6.42 Å². The summed E-state index contributed by atoms with van der Waals surface area (Å²) in [6.45, 7) is -0.546. The molecule has 0 aliphatic heterocycles. The minimum atomic E-state index is -0.546. The zero-order chi connectivity index (χ0) is 10.4. The van der Waals surface area contributed by atoms with Crippen LogP contribution in [0.4, 0.5) is 4.39 Å². The fourth-order valence-corrected chi connectivity index (χ4v) is 1.16. The molecular weight excluding hydrogens is 183 g/mol. The molecule has 0 amide bonds. The Labute approximate surface area is 82.6 Å². The molecule has 0 saturated carbocycles. The summed E-state index contributed by atoms with van der Waals surface area (Å²) in [7, 11) is 1.57. The Morgan fingerprint density at radius 1 is 1.50 bits per heavy atom. The fraction of sp³-hybridized carbons (Fsp3) is 0.273. The summed E-state index contributed by atoms with van der Waals surface area (Å²) in [5, 5.41) is 8.46. The Bertz CT molecular complexity index is 321. The van der Waals surface area contributed by atoms with E-state index in [1.807, 2.05) is 24.3 Å². The highest BCUT2D eigenvalue weighted by Crippen LogP contribution is 2.18. The second-order valence-corrected chi connectivity index (χ2v) is 2.83. The molecule has 14 heavy (non-hydrogen) atoms. The average molecular weight is 196 g/mol. The maximum atomic E-state index is 12.6. The molecule has 3 heteroatoms. The molecule has 0 radical (unpaired) electrons. The van der Waals surface area contributed by atoms with Gasteiger partial charge in [0.2, 0.25) is 0 Å². The second kappa shape index (κ2) is 5.40. The van der Waals surface area contributed by atoms with Crippen LogP contribution in [0.1, 0.15) is 5.56 Å². The Balaban J connectivity index is 2.76. The molecule has 1 aromatic rings. The number of hydrogen-bond acceptors (Lipinski definition) is 2. The lowest BCUT2D eigenvalue weighted by Crippen LogP contribution is -1.91. The highest BCUT2D eigenvalue weighted by Gasteiger charge is 1.99. The van der Waals surface area contributed by atoms with Crippen LogP contribution in [0.15, 0.2) is 36.2 Å². The van der Waals surface area contributed by atoms with Gasteiger partial charge in [-0.15, -0.1) is 0 Å². The molecule has 1 rings (SSSR count).